The van der Waals surface area contributed by atoms with E-state index in [1.54, 1.807) is 35.0 Å². The summed E-state index contributed by atoms with van der Waals surface area (Å²) in [6.07, 6.45) is 1.63. The molecular weight excluding hydrogens is 293 g/mol. The van der Waals surface area contributed by atoms with Gasteiger partial charge in [0.25, 0.3) is 0 Å². The molecule has 0 aliphatic rings. The third-order valence-electron chi connectivity index (χ3n) is 2.79. The van der Waals surface area contributed by atoms with Crippen LogP contribution in [0.5, 0.6) is 0 Å². The standard InChI is InChI=1S/C14H10FN3O2S/c15-9-3-5-10(6-4-9)18-13-11(2-1-7-16-13)17-14(18)21-8-12(19)20/h1-7H,8H2,(H,19,20). The second-order valence-electron chi connectivity index (χ2n) is 4.23. The molecule has 0 radical (unpaired) electrons. The van der Waals surface area contributed by atoms with Crippen molar-refractivity contribution < 1.29 is 14.3 Å². The molecule has 0 spiro atoms. The molecule has 106 valence electrons. The number of hydrogen-bond acceptors (Lipinski definition) is 4. The van der Waals surface area contributed by atoms with Gasteiger partial charge in [0.15, 0.2) is 10.8 Å². The highest BCUT2D eigenvalue weighted by molar-refractivity contribution is 7.99. The van der Waals surface area contributed by atoms with E-state index in [1.165, 1.54) is 12.1 Å². The number of nitrogens with zero attached hydrogens (tertiary/aromatic N) is 3. The number of carboxylic acids is 1. The zero-order valence-electron chi connectivity index (χ0n) is 10.7. The normalized spacial score (nSPS) is 10.9. The Hall–Kier alpha value is -2.41. The maximum atomic E-state index is 13.1. The quantitative estimate of drug-likeness (QED) is 0.751. The van der Waals surface area contributed by atoms with Crippen molar-refractivity contribution in [2.75, 3.05) is 5.75 Å². The third kappa shape index (κ3) is 2.73. The predicted molar refractivity (Wildman–Crippen MR) is 77.2 cm³/mol. The van der Waals surface area contributed by atoms with E-state index in [-0.39, 0.29) is 11.6 Å². The van der Waals surface area contributed by atoms with Crippen LogP contribution in [0, 0.1) is 5.82 Å². The average Bonchev–Trinajstić information content (AvgIpc) is 2.84. The van der Waals surface area contributed by atoms with Gasteiger partial charge in [-0.1, -0.05) is 11.8 Å². The van der Waals surface area contributed by atoms with Crippen LogP contribution in [0.4, 0.5) is 4.39 Å². The van der Waals surface area contributed by atoms with Crippen LogP contribution >= 0.6 is 11.8 Å². The highest BCUT2D eigenvalue weighted by atomic mass is 32.2. The van der Waals surface area contributed by atoms with Gasteiger partial charge in [-0.25, -0.2) is 14.4 Å². The first kappa shape index (κ1) is 13.6. The minimum absolute atomic E-state index is 0.107. The van der Waals surface area contributed by atoms with E-state index in [0.717, 1.165) is 11.8 Å². The Bertz CT molecular complexity index is 802. The van der Waals surface area contributed by atoms with Crippen LogP contribution in [-0.4, -0.2) is 31.4 Å². The highest BCUT2D eigenvalue weighted by Crippen LogP contribution is 2.26. The van der Waals surface area contributed by atoms with Crippen LogP contribution in [0.3, 0.4) is 0 Å². The van der Waals surface area contributed by atoms with E-state index in [1.807, 2.05) is 0 Å². The van der Waals surface area contributed by atoms with Crippen LogP contribution in [0.25, 0.3) is 16.9 Å². The second kappa shape index (κ2) is 5.53. The molecular formula is C14H10FN3O2S. The Morgan fingerprint density at radius 1 is 1.29 bits per heavy atom. The monoisotopic (exact) mass is 303 g/mol. The molecule has 7 heteroatoms. The molecule has 0 aliphatic heterocycles. The molecule has 0 fully saturated rings. The fourth-order valence-electron chi connectivity index (χ4n) is 1.94. The molecule has 1 N–H and O–H groups in total. The highest BCUT2D eigenvalue weighted by Gasteiger charge is 2.15. The number of rotatable bonds is 4. The zero-order chi connectivity index (χ0) is 14.8. The number of carbonyl (C=O) groups is 1. The van der Waals surface area contributed by atoms with E-state index >= 15 is 0 Å². The summed E-state index contributed by atoms with van der Waals surface area (Å²) in [7, 11) is 0. The number of thioether (sulfide) groups is 1. The zero-order valence-corrected chi connectivity index (χ0v) is 11.5. The number of carboxylic acid groups (broad SMARTS) is 1. The van der Waals surface area contributed by atoms with Gasteiger partial charge in [0.1, 0.15) is 11.3 Å². The minimum atomic E-state index is -0.925. The summed E-state index contributed by atoms with van der Waals surface area (Å²) in [5, 5.41) is 9.34. The topological polar surface area (TPSA) is 68.0 Å². The molecule has 1 aromatic carbocycles. The summed E-state index contributed by atoms with van der Waals surface area (Å²) < 4.78 is 14.8. The van der Waals surface area contributed by atoms with Gasteiger partial charge in [-0.2, -0.15) is 0 Å². The van der Waals surface area contributed by atoms with Gasteiger partial charge in [0, 0.05) is 11.9 Å². The van der Waals surface area contributed by atoms with Gasteiger partial charge >= 0.3 is 5.97 Å². The number of benzene rings is 1. The lowest BCUT2D eigenvalue weighted by Gasteiger charge is -2.07. The van der Waals surface area contributed by atoms with Crippen molar-refractivity contribution in [2.45, 2.75) is 5.16 Å². The van der Waals surface area contributed by atoms with Gasteiger partial charge in [-0.05, 0) is 36.4 Å². The number of halogens is 1. The molecule has 21 heavy (non-hydrogen) atoms. The largest absolute Gasteiger partial charge is 0.481 e. The number of fused-ring (bicyclic) bond motifs is 1. The Morgan fingerprint density at radius 3 is 2.76 bits per heavy atom. The Kier molecular flexibility index (Phi) is 3.57. The average molecular weight is 303 g/mol. The van der Waals surface area contributed by atoms with E-state index in [0.29, 0.717) is 22.0 Å². The molecule has 0 saturated carbocycles. The summed E-state index contributed by atoms with van der Waals surface area (Å²) in [5.41, 5.74) is 1.96. The summed E-state index contributed by atoms with van der Waals surface area (Å²) >= 11 is 1.10. The van der Waals surface area contributed by atoms with Crippen molar-refractivity contribution in [3.8, 4) is 5.69 Å². The Labute approximate surface area is 123 Å². The minimum Gasteiger partial charge on any atom is -0.481 e. The summed E-state index contributed by atoms with van der Waals surface area (Å²) in [6, 6.07) is 9.46. The summed E-state index contributed by atoms with van der Waals surface area (Å²) in [5.74, 6) is -1.37. The van der Waals surface area contributed by atoms with Crippen molar-refractivity contribution in [1.82, 2.24) is 14.5 Å². The Balaban J connectivity index is 2.15. The number of aromatic nitrogens is 3. The number of imidazole rings is 1. The molecule has 3 rings (SSSR count). The SMILES string of the molecule is O=C(O)CSc1nc2cccnc2n1-c1ccc(F)cc1. The first-order chi connectivity index (χ1) is 10.1. The van der Waals surface area contributed by atoms with Gasteiger partial charge in [-0.15, -0.1) is 0 Å². The fourth-order valence-corrected chi connectivity index (χ4v) is 2.67. The maximum Gasteiger partial charge on any atom is 0.313 e. The first-order valence-electron chi connectivity index (χ1n) is 6.09. The van der Waals surface area contributed by atoms with Crippen LogP contribution < -0.4 is 0 Å². The summed E-state index contributed by atoms with van der Waals surface area (Å²) in [6.45, 7) is 0. The lowest BCUT2D eigenvalue weighted by atomic mass is 10.3. The maximum absolute atomic E-state index is 13.1. The lowest BCUT2D eigenvalue weighted by molar-refractivity contribution is -0.133. The second-order valence-corrected chi connectivity index (χ2v) is 5.18. The molecule has 5 nitrogen and oxygen atoms in total. The molecule has 0 aliphatic carbocycles. The fraction of sp³-hybridized carbons (Fsp3) is 0.0714. The number of hydrogen-bond donors (Lipinski definition) is 1. The van der Waals surface area contributed by atoms with Gasteiger partial charge < -0.3 is 5.11 Å². The van der Waals surface area contributed by atoms with Crippen LogP contribution in [0.1, 0.15) is 0 Å². The van der Waals surface area contributed by atoms with Crippen molar-refractivity contribution in [1.29, 1.82) is 0 Å². The number of aliphatic carboxylic acids is 1. The predicted octanol–water partition coefficient (Wildman–Crippen LogP) is 2.74. The molecule has 0 bridgehead atoms. The van der Waals surface area contributed by atoms with Crippen LogP contribution in [0.15, 0.2) is 47.8 Å². The molecule has 0 unspecified atom stereocenters. The Morgan fingerprint density at radius 2 is 2.05 bits per heavy atom. The van der Waals surface area contributed by atoms with Gasteiger partial charge in [0.05, 0.1) is 5.75 Å². The molecule has 2 heterocycles. The molecule has 0 amide bonds. The third-order valence-corrected chi connectivity index (χ3v) is 3.72. The first-order valence-corrected chi connectivity index (χ1v) is 7.08. The van der Waals surface area contributed by atoms with Crippen LogP contribution in [-0.2, 0) is 4.79 Å². The van der Waals surface area contributed by atoms with Crippen molar-refractivity contribution in [2.24, 2.45) is 0 Å². The molecule has 0 saturated heterocycles. The molecule has 2 aromatic heterocycles. The molecule has 0 atom stereocenters. The van der Waals surface area contributed by atoms with E-state index in [2.05, 4.69) is 9.97 Å². The smallest absolute Gasteiger partial charge is 0.313 e. The van der Waals surface area contributed by atoms with Crippen molar-refractivity contribution >= 4 is 28.9 Å². The van der Waals surface area contributed by atoms with E-state index in [9.17, 15) is 9.18 Å². The lowest BCUT2D eigenvalue weighted by Crippen LogP contribution is -2.02. The van der Waals surface area contributed by atoms with E-state index in [4.69, 9.17) is 5.11 Å². The van der Waals surface area contributed by atoms with Crippen LogP contribution in [0.2, 0.25) is 0 Å². The van der Waals surface area contributed by atoms with E-state index < -0.39 is 5.97 Å². The summed E-state index contributed by atoms with van der Waals surface area (Å²) in [4.78, 5) is 19.4. The number of pyridine rings is 1. The van der Waals surface area contributed by atoms with Gasteiger partial charge in [-0.3, -0.25) is 9.36 Å². The van der Waals surface area contributed by atoms with Gasteiger partial charge in [0.2, 0.25) is 0 Å². The molecule has 3 aromatic rings. The van der Waals surface area contributed by atoms with Crippen molar-refractivity contribution in [3.05, 3.63) is 48.4 Å². The van der Waals surface area contributed by atoms with Crippen molar-refractivity contribution in [3.63, 3.8) is 0 Å².